The third kappa shape index (κ3) is 1.76. The lowest BCUT2D eigenvalue weighted by Gasteiger charge is -1.99. The molecular formula is C13H12FNS. The van der Waals surface area contributed by atoms with E-state index in [1.54, 1.807) is 6.07 Å². The monoisotopic (exact) mass is 233 g/mol. The van der Waals surface area contributed by atoms with Crippen LogP contribution in [0.25, 0.3) is 10.6 Å². The van der Waals surface area contributed by atoms with Crippen LogP contribution in [0.1, 0.15) is 30.0 Å². The van der Waals surface area contributed by atoms with E-state index in [1.807, 2.05) is 19.1 Å². The molecule has 2 aromatic rings. The second kappa shape index (κ2) is 3.67. The minimum absolute atomic E-state index is 0.170. The summed E-state index contributed by atoms with van der Waals surface area (Å²) in [6.45, 7) is 1.89. The molecule has 0 atom stereocenters. The zero-order valence-corrected chi connectivity index (χ0v) is 9.85. The van der Waals surface area contributed by atoms with Gasteiger partial charge in [-0.15, -0.1) is 11.3 Å². The van der Waals surface area contributed by atoms with E-state index in [0.29, 0.717) is 11.5 Å². The van der Waals surface area contributed by atoms with E-state index >= 15 is 0 Å². The van der Waals surface area contributed by atoms with Crippen LogP contribution in [0.4, 0.5) is 4.39 Å². The Kier molecular flexibility index (Phi) is 2.28. The first-order valence-electron chi connectivity index (χ1n) is 5.46. The topological polar surface area (TPSA) is 12.9 Å². The standard InChI is InChI=1S/C13H12FNS/c1-8-2-5-10(11(14)6-8)13-15-12(7-16-13)9-3-4-9/h2,5-7,9H,3-4H2,1H3. The van der Waals surface area contributed by atoms with Crippen LogP contribution >= 0.6 is 11.3 Å². The minimum atomic E-state index is -0.170. The summed E-state index contributed by atoms with van der Waals surface area (Å²) in [6, 6.07) is 5.31. The average Bonchev–Trinajstić information content (AvgIpc) is 2.98. The second-order valence-corrected chi connectivity index (χ2v) is 5.19. The van der Waals surface area contributed by atoms with Crippen LogP contribution in [0.2, 0.25) is 0 Å². The van der Waals surface area contributed by atoms with Gasteiger partial charge in [0, 0.05) is 16.9 Å². The number of aromatic nitrogens is 1. The van der Waals surface area contributed by atoms with Gasteiger partial charge in [-0.2, -0.15) is 0 Å². The quantitative estimate of drug-likeness (QED) is 0.759. The summed E-state index contributed by atoms with van der Waals surface area (Å²) >= 11 is 1.54. The SMILES string of the molecule is Cc1ccc(-c2nc(C3CC3)cs2)c(F)c1. The van der Waals surface area contributed by atoms with Crippen LogP contribution in [0, 0.1) is 12.7 Å². The normalized spacial score (nSPS) is 15.4. The molecule has 82 valence electrons. The molecular weight excluding hydrogens is 221 g/mol. The molecule has 1 aliphatic rings. The molecule has 0 spiro atoms. The van der Waals surface area contributed by atoms with Gasteiger partial charge in [0.15, 0.2) is 0 Å². The van der Waals surface area contributed by atoms with Gasteiger partial charge in [0.25, 0.3) is 0 Å². The number of thiazole rings is 1. The Morgan fingerprint density at radius 2 is 2.19 bits per heavy atom. The summed E-state index contributed by atoms with van der Waals surface area (Å²) in [5.74, 6) is 0.468. The molecule has 1 fully saturated rings. The van der Waals surface area contributed by atoms with Gasteiger partial charge in [-0.3, -0.25) is 0 Å². The van der Waals surface area contributed by atoms with Gasteiger partial charge >= 0.3 is 0 Å². The van der Waals surface area contributed by atoms with E-state index in [1.165, 1.54) is 24.2 Å². The van der Waals surface area contributed by atoms with E-state index in [2.05, 4.69) is 10.4 Å². The third-order valence-corrected chi connectivity index (χ3v) is 3.77. The Bertz CT molecular complexity index is 528. The van der Waals surface area contributed by atoms with Crippen LogP contribution in [0.3, 0.4) is 0 Å². The van der Waals surface area contributed by atoms with Crippen molar-refractivity contribution in [1.29, 1.82) is 0 Å². The first-order chi connectivity index (χ1) is 7.74. The van der Waals surface area contributed by atoms with Gasteiger partial charge in [-0.05, 0) is 37.5 Å². The van der Waals surface area contributed by atoms with E-state index in [0.717, 1.165) is 16.3 Å². The second-order valence-electron chi connectivity index (χ2n) is 4.34. The maximum atomic E-state index is 13.7. The number of hydrogen-bond acceptors (Lipinski definition) is 2. The highest BCUT2D eigenvalue weighted by molar-refractivity contribution is 7.13. The molecule has 16 heavy (non-hydrogen) atoms. The van der Waals surface area contributed by atoms with Crippen LogP contribution in [-0.2, 0) is 0 Å². The van der Waals surface area contributed by atoms with Crippen molar-refractivity contribution >= 4 is 11.3 Å². The fourth-order valence-corrected chi connectivity index (χ4v) is 2.70. The summed E-state index contributed by atoms with van der Waals surface area (Å²) in [5.41, 5.74) is 2.71. The van der Waals surface area contributed by atoms with Crippen molar-refractivity contribution < 1.29 is 4.39 Å². The van der Waals surface area contributed by atoms with E-state index in [-0.39, 0.29) is 5.82 Å². The summed E-state index contributed by atoms with van der Waals surface area (Å²) < 4.78 is 13.7. The Labute approximate surface area is 98.0 Å². The van der Waals surface area contributed by atoms with Crippen molar-refractivity contribution in [3.63, 3.8) is 0 Å². The first-order valence-corrected chi connectivity index (χ1v) is 6.34. The maximum absolute atomic E-state index is 13.7. The molecule has 1 aliphatic carbocycles. The Hall–Kier alpha value is -1.22. The zero-order valence-electron chi connectivity index (χ0n) is 9.03. The van der Waals surface area contributed by atoms with E-state index < -0.39 is 0 Å². The summed E-state index contributed by atoms with van der Waals surface area (Å²) in [7, 11) is 0. The van der Waals surface area contributed by atoms with E-state index in [4.69, 9.17) is 0 Å². The van der Waals surface area contributed by atoms with Gasteiger partial charge < -0.3 is 0 Å². The van der Waals surface area contributed by atoms with Crippen molar-refractivity contribution in [1.82, 2.24) is 4.98 Å². The molecule has 1 heterocycles. The largest absolute Gasteiger partial charge is 0.241 e. The predicted molar refractivity (Wildman–Crippen MR) is 64.2 cm³/mol. The molecule has 0 amide bonds. The van der Waals surface area contributed by atoms with Crippen molar-refractivity contribution in [2.75, 3.05) is 0 Å². The van der Waals surface area contributed by atoms with Gasteiger partial charge in [0.05, 0.1) is 5.69 Å². The predicted octanol–water partition coefficient (Wildman–Crippen LogP) is 4.14. The van der Waals surface area contributed by atoms with Gasteiger partial charge in [-0.25, -0.2) is 9.37 Å². The van der Waals surface area contributed by atoms with Crippen molar-refractivity contribution in [2.45, 2.75) is 25.7 Å². The number of halogens is 1. The van der Waals surface area contributed by atoms with Crippen LogP contribution < -0.4 is 0 Å². The molecule has 1 aromatic heterocycles. The lowest BCUT2D eigenvalue weighted by molar-refractivity contribution is 0.630. The van der Waals surface area contributed by atoms with Gasteiger partial charge in [0.2, 0.25) is 0 Å². The van der Waals surface area contributed by atoms with Crippen LogP contribution in [-0.4, -0.2) is 4.98 Å². The summed E-state index contributed by atoms with van der Waals surface area (Å²) in [6.07, 6.45) is 2.47. The first kappa shape index (κ1) is 9.97. The van der Waals surface area contributed by atoms with Crippen molar-refractivity contribution in [2.24, 2.45) is 0 Å². The van der Waals surface area contributed by atoms with Crippen LogP contribution in [0.5, 0.6) is 0 Å². The Morgan fingerprint density at radius 1 is 1.38 bits per heavy atom. The molecule has 1 aromatic carbocycles. The molecule has 0 N–H and O–H groups in total. The Morgan fingerprint density at radius 3 is 2.88 bits per heavy atom. The van der Waals surface area contributed by atoms with Gasteiger partial charge in [-0.1, -0.05) is 6.07 Å². The summed E-state index contributed by atoms with van der Waals surface area (Å²) in [5, 5.41) is 2.87. The van der Waals surface area contributed by atoms with Crippen molar-refractivity contribution in [3.05, 3.63) is 40.7 Å². The Balaban J connectivity index is 2.00. The highest BCUT2D eigenvalue weighted by Gasteiger charge is 2.26. The molecule has 0 saturated heterocycles. The average molecular weight is 233 g/mol. The lowest BCUT2D eigenvalue weighted by Crippen LogP contribution is -1.86. The molecule has 1 saturated carbocycles. The zero-order chi connectivity index (χ0) is 11.1. The number of benzene rings is 1. The van der Waals surface area contributed by atoms with E-state index in [9.17, 15) is 4.39 Å². The minimum Gasteiger partial charge on any atom is -0.241 e. The number of nitrogens with zero attached hydrogens (tertiary/aromatic N) is 1. The fraction of sp³-hybridized carbons (Fsp3) is 0.308. The summed E-state index contributed by atoms with van der Waals surface area (Å²) in [4.78, 5) is 4.51. The molecule has 0 unspecified atom stereocenters. The molecule has 0 aliphatic heterocycles. The number of rotatable bonds is 2. The van der Waals surface area contributed by atoms with Gasteiger partial charge in [0.1, 0.15) is 10.8 Å². The van der Waals surface area contributed by atoms with Crippen LogP contribution in [0.15, 0.2) is 23.6 Å². The molecule has 1 nitrogen and oxygen atoms in total. The molecule has 0 radical (unpaired) electrons. The highest BCUT2D eigenvalue weighted by Crippen LogP contribution is 2.41. The smallest absolute Gasteiger partial charge is 0.133 e. The third-order valence-electron chi connectivity index (χ3n) is 2.87. The number of aryl methyl sites for hydroxylation is 1. The lowest BCUT2D eigenvalue weighted by atomic mass is 10.1. The molecule has 3 heteroatoms. The number of hydrogen-bond donors (Lipinski definition) is 0. The molecule has 3 rings (SSSR count). The fourth-order valence-electron chi connectivity index (χ4n) is 1.77. The highest BCUT2D eigenvalue weighted by atomic mass is 32.1. The molecule has 0 bridgehead atoms. The van der Waals surface area contributed by atoms with Crippen molar-refractivity contribution in [3.8, 4) is 10.6 Å². The maximum Gasteiger partial charge on any atom is 0.133 e.